The molecular formula is C22H26FN3O3. The third kappa shape index (κ3) is 2.78. The molecule has 1 aromatic heterocycles. The zero-order chi connectivity index (χ0) is 20.5. The van der Waals surface area contributed by atoms with Crippen molar-refractivity contribution in [2.45, 2.75) is 50.4 Å². The molecule has 29 heavy (non-hydrogen) atoms. The summed E-state index contributed by atoms with van der Waals surface area (Å²) in [6, 6.07) is 3.25. The molecular weight excluding hydrogens is 373 g/mol. The molecule has 3 fully saturated rings. The molecule has 2 N–H and O–H groups in total. The molecule has 0 spiro atoms. The van der Waals surface area contributed by atoms with Crippen molar-refractivity contribution >= 4 is 22.6 Å². The van der Waals surface area contributed by atoms with E-state index in [9.17, 15) is 19.1 Å². The van der Waals surface area contributed by atoms with Crippen molar-refractivity contribution in [1.29, 1.82) is 0 Å². The van der Waals surface area contributed by atoms with E-state index in [2.05, 4.69) is 10.2 Å². The van der Waals surface area contributed by atoms with E-state index in [0.717, 1.165) is 30.8 Å². The zero-order valence-electron chi connectivity index (χ0n) is 16.7. The number of hydrogen-bond donors (Lipinski definition) is 2. The molecule has 5 rings (SSSR count). The number of benzene rings is 1. The first-order valence-corrected chi connectivity index (χ1v) is 10.4. The van der Waals surface area contributed by atoms with Crippen LogP contribution in [0.2, 0.25) is 0 Å². The van der Waals surface area contributed by atoms with Crippen molar-refractivity contribution in [3.05, 3.63) is 39.7 Å². The van der Waals surface area contributed by atoms with Gasteiger partial charge in [0.25, 0.3) is 0 Å². The van der Waals surface area contributed by atoms with Crippen LogP contribution in [0.1, 0.15) is 47.6 Å². The van der Waals surface area contributed by atoms with E-state index in [1.165, 1.54) is 19.0 Å². The number of carbonyl (C=O) groups is 1. The number of pyridine rings is 1. The van der Waals surface area contributed by atoms with Gasteiger partial charge in [0.2, 0.25) is 5.43 Å². The summed E-state index contributed by atoms with van der Waals surface area (Å²) in [5.41, 5.74) is 2.12. The summed E-state index contributed by atoms with van der Waals surface area (Å²) in [7, 11) is 2.04. The Bertz CT molecular complexity index is 1080. The van der Waals surface area contributed by atoms with Gasteiger partial charge in [0.1, 0.15) is 11.7 Å². The number of hydrogen-bond acceptors (Lipinski definition) is 4. The normalized spacial score (nSPS) is 27.4. The molecule has 0 radical (unpaired) electrons. The van der Waals surface area contributed by atoms with Crippen LogP contribution < -0.4 is 15.6 Å². The lowest BCUT2D eigenvalue weighted by Gasteiger charge is -2.26. The average molecular weight is 399 g/mol. The van der Waals surface area contributed by atoms with Gasteiger partial charge >= 0.3 is 5.97 Å². The topological polar surface area (TPSA) is 74.6 Å². The maximum Gasteiger partial charge on any atom is 0.341 e. The van der Waals surface area contributed by atoms with Crippen molar-refractivity contribution in [1.82, 2.24) is 9.88 Å². The van der Waals surface area contributed by atoms with Crippen molar-refractivity contribution < 1.29 is 14.3 Å². The number of alkyl halides is 1. The number of nitrogens with zero attached hydrogens (tertiary/aromatic N) is 2. The average Bonchev–Trinajstić information content (AvgIpc) is 3.59. The molecule has 1 saturated heterocycles. The van der Waals surface area contributed by atoms with Crippen LogP contribution in [0, 0.1) is 12.8 Å². The zero-order valence-corrected chi connectivity index (χ0v) is 16.7. The predicted molar refractivity (Wildman–Crippen MR) is 110 cm³/mol. The number of carboxylic acid groups (broad SMARTS) is 1. The minimum Gasteiger partial charge on any atom is -0.477 e. The van der Waals surface area contributed by atoms with Crippen LogP contribution in [0.4, 0.5) is 10.1 Å². The van der Waals surface area contributed by atoms with Gasteiger partial charge in [0, 0.05) is 42.3 Å². The number of nitrogens with one attached hydrogen (secondary N) is 1. The van der Waals surface area contributed by atoms with Gasteiger partial charge in [-0.2, -0.15) is 0 Å². The molecule has 2 aliphatic carbocycles. The SMILES string of the molecule is CNC1(C2CCN(c3ccc4c(=O)c(C(=O)O)cn(C5CC5F)c4c3C)C2)CC1. The van der Waals surface area contributed by atoms with E-state index in [0.29, 0.717) is 23.2 Å². The fraction of sp³-hybridized carbons (Fsp3) is 0.545. The molecule has 1 aromatic carbocycles. The molecule has 0 amide bonds. The first-order valence-electron chi connectivity index (χ1n) is 10.4. The molecule has 154 valence electrons. The Kier molecular flexibility index (Phi) is 4.04. The van der Waals surface area contributed by atoms with Gasteiger partial charge in [0.05, 0.1) is 11.6 Å². The van der Waals surface area contributed by atoms with E-state index in [4.69, 9.17) is 0 Å². The quantitative estimate of drug-likeness (QED) is 0.809. The second-order valence-corrected chi connectivity index (χ2v) is 8.85. The molecule has 3 aliphatic rings. The maximum atomic E-state index is 13.9. The molecule has 6 nitrogen and oxygen atoms in total. The first-order chi connectivity index (χ1) is 13.9. The van der Waals surface area contributed by atoms with Gasteiger partial charge in [-0.1, -0.05) is 0 Å². The summed E-state index contributed by atoms with van der Waals surface area (Å²) in [5.74, 6) is -0.676. The van der Waals surface area contributed by atoms with Gasteiger partial charge in [-0.3, -0.25) is 4.79 Å². The number of halogens is 1. The highest BCUT2D eigenvalue weighted by Crippen LogP contribution is 2.47. The Morgan fingerprint density at radius 1 is 1.34 bits per heavy atom. The fourth-order valence-electron chi connectivity index (χ4n) is 5.24. The molecule has 3 unspecified atom stereocenters. The van der Waals surface area contributed by atoms with Gasteiger partial charge in [0.15, 0.2) is 0 Å². The number of aromatic nitrogens is 1. The lowest BCUT2D eigenvalue weighted by Crippen LogP contribution is -2.37. The van der Waals surface area contributed by atoms with Crippen molar-refractivity contribution in [3.63, 3.8) is 0 Å². The van der Waals surface area contributed by atoms with Gasteiger partial charge in [-0.25, -0.2) is 9.18 Å². The van der Waals surface area contributed by atoms with Crippen molar-refractivity contribution in [2.75, 3.05) is 25.0 Å². The Morgan fingerprint density at radius 2 is 2.07 bits per heavy atom. The summed E-state index contributed by atoms with van der Waals surface area (Å²) in [6.45, 7) is 3.87. The third-order valence-electron chi connectivity index (χ3n) is 7.28. The number of aryl methyl sites for hydroxylation is 1. The van der Waals surface area contributed by atoms with E-state index < -0.39 is 23.6 Å². The summed E-state index contributed by atoms with van der Waals surface area (Å²) in [6.07, 6.45) is 4.26. The van der Waals surface area contributed by atoms with E-state index in [1.807, 2.05) is 20.0 Å². The predicted octanol–water partition coefficient (Wildman–Crippen LogP) is 2.87. The maximum absolute atomic E-state index is 13.9. The van der Waals surface area contributed by atoms with E-state index in [-0.39, 0.29) is 11.1 Å². The van der Waals surface area contributed by atoms with Crippen molar-refractivity contribution in [3.8, 4) is 0 Å². The number of carboxylic acids is 1. The third-order valence-corrected chi connectivity index (χ3v) is 7.28. The van der Waals surface area contributed by atoms with Crippen molar-refractivity contribution in [2.24, 2.45) is 5.92 Å². The van der Waals surface area contributed by atoms with Crippen LogP contribution >= 0.6 is 0 Å². The largest absolute Gasteiger partial charge is 0.477 e. The number of rotatable bonds is 5. The Hall–Kier alpha value is -2.41. The van der Waals surface area contributed by atoms with E-state index >= 15 is 0 Å². The standard InChI is InChI=1S/C22H26FN3O3/c1-12-17(25-8-5-13(10-25)22(24-2)6-7-22)4-3-14-19(12)26(18-9-16(18)23)11-15(20(14)27)21(28)29/h3-4,11,13,16,18,24H,5-10H2,1-2H3,(H,28,29). The van der Waals surface area contributed by atoms with Gasteiger partial charge in [-0.15, -0.1) is 0 Å². The smallest absolute Gasteiger partial charge is 0.341 e. The van der Waals surface area contributed by atoms with Gasteiger partial charge < -0.3 is 19.9 Å². The molecule has 2 saturated carbocycles. The van der Waals surface area contributed by atoms with Gasteiger partial charge in [-0.05, 0) is 56.8 Å². The lowest BCUT2D eigenvalue weighted by molar-refractivity contribution is 0.0694. The van der Waals surface area contributed by atoms with Crippen LogP contribution in [0.25, 0.3) is 10.9 Å². The monoisotopic (exact) mass is 399 g/mol. The summed E-state index contributed by atoms with van der Waals surface area (Å²) >= 11 is 0. The minimum absolute atomic E-state index is 0.271. The minimum atomic E-state index is -1.27. The summed E-state index contributed by atoms with van der Waals surface area (Å²) in [5, 5.41) is 13.3. The first kappa shape index (κ1) is 18.6. The van der Waals surface area contributed by atoms with Crippen LogP contribution in [0.15, 0.2) is 23.1 Å². The van der Waals surface area contributed by atoms with Crippen LogP contribution in [0.5, 0.6) is 0 Å². The Labute approximate surface area is 168 Å². The number of aromatic carboxylic acids is 1. The molecule has 2 heterocycles. The van der Waals surface area contributed by atoms with Crippen LogP contribution in [-0.2, 0) is 0 Å². The Balaban J connectivity index is 1.60. The highest BCUT2D eigenvalue weighted by molar-refractivity contribution is 5.95. The second-order valence-electron chi connectivity index (χ2n) is 8.85. The number of anilines is 1. The lowest BCUT2D eigenvalue weighted by atomic mass is 9.96. The Morgan fingerprint density at radius 3 is 2.66 bits per heavy atom. The highest BCUT2D eigenvalue weighted by atomic mass is 19.1. The second kappa shape index (κ2) is 6.29. The highest BCUT2D eigenvalue weighted by Gasteiger charge is 2.50. The molecule has 2 aromatic rings. The van der Waals surface area contributed by atoms with Crippen LogP contribution in [0.3, 0.4) is 0 Å². The van der Waals surface area contributed by atoms with Crippen LogP contribution in [-0.4, -0.2) is 47.5 Å². The summed E-state index contributed by atoms with van der Waals surface area (Å²) in [4.78, 5) is 26.7. The molecule has 1 aliphatic heterocycles. The summed E-state index contributed by atoms with van der Waals surface area (Å²) < 4.78 is 15.6. The molecule has 0 bridgehead atoms. The molecule has 3 atom stereocenters. The molecule has 7 heteroatoms. The van der Waals surface area contributed by atoms with E-state index in [1.54, 1.807) is 10.6 Å². The number of fused-ring (bicyclic) bond motifs is 1. The fourth-order valence-corrected chi connectivity index (χ4v) is 5.24.